The minimum atomic E-state index is -0.0695. The van der Waals surface area contributed by atoms with Gasteiger partial charge in [0.1, 0.15) is 0 Å². The number of piperidine rings is 1. The summed E-state index contributed by atoms with van der Waals surface area (Å²) in [5, 5.41) is 14.9. The molecule has 0 spiro atoms. The van der Waals surface area contributed by atoms with E-state index in [1.165, 1.54) is 12.8 Å². The fraction of sp³-hybridized carbons (Fsp3) is 0.833. The summed E-state index contributed by atoms with van der Waals surface area (Å²) in [6.45, 7) is 8.80. The first-order valence-corrected chi connectivity index (χ1v) is 9.48. The topological polar surface area (TPSA) is 71.8 Å². The Hall–Kier alpha value is -1.43. The lowest BCUT2D eigenvalue weighted by atomic mass is 9.74. The van der Waals surface area contributed by atoms with Gasteiger partial charge in [-0.15, -0.1) is 5.10 Å². The van der Waals surface area contributed by atoms with Gasteiger partial charge < -0.3 is 10.6 Å². The van der Waals surface area contributed by atoms with Crippen LogP contribution in [0.3, 0.4) is 0 Å². The zero-order chi connectivity index (χ0) is 17.1. The van der Waals surface area contributed by atoms with Crippen LogP contribution in [0.4, 0.5) is 0 Å². The second-order valence-corrected chi connectivity index (χ2v) is 7.97. The molecule has 2 fully saturated rings. The molecule has 1 aromatic heterocycles. The van der Waals surface area contributed by atoms with Crippen LogP contribution in [0.15, 0.2) is 6.20 Å². The van der Waals surface area contributed by atoms with Crippen molar-refractivity contribution >= 4 is 5.91 Å². The Labute approximate surface area is 144 Å². The van der Waals surface area contributed by atoms with Gasteiger partial charge in [0.15, 0.2) is 5.69 Å². The second-order valence-electron chi connectivity index (χ2n) is 7.97. The van der Waals surface area contributed by atoms with Crippen LogP contribution in [-0.4, -0.2) is 40.0 Å². The summed E-state index contributed by atoms with van der Waals surface area (Å²) in [6.07, 6.45) is 7.44. The van der Waals surface area contributed by atoms with Crippen LogP contribution in [-0.2, 0) is 0 Å². The highest BCUT2D eigenvalue weighted by Gasteiger charge is 2.32. The molecule has 1 amide bonds. The van der Waals surface area contributed by atoms with Crippen molar-refractivity contribution in [2.75, 3.05) is 13.1 Å². The average molecular weight is 333 g/mol. The lowest BCUT2D eigenvalue weighted by molar-refractivity contribution is 0.0862. The van der Waals surface area contributed by atoms with Gasteiger partial charge in [-0.1, -0.05) is 32.4 Å². The number of amides is 1. The van der Waals surface area contributed by atoms with Gasteiger partial charge in [0.05, 0.1) is 12.2 Å². The molecule has 2 heterocycles. The molecule has 0 aromatic carbocycles. The van der Waals surface area contributed by atoms with Crippen molar-refractivity contribution in [3.05, 3.63) is 11.9 Å². The fourth-order valence-corrected chi connectivity index (χ4v) is 4.24. The molecule has 1 saturated heterocycles. The SMILES string of the molecule is CC(C)[C@@H]1CC[C@@H](C)C[C@H]1NC(=O)c1cn(C2CCNCC2)nn1. The van der Waals surface area contributed by atoms with E-state index in [0.29, 0.717) is 29.5 Å². The van der Waals surface area contributed by atoms with Crippen molar-refractivity contribution in [3.8, 4) is 0 Å². The van der Waals surface area contributed by atoms with Crippen molar-refractivity contribution in [3.63, 3.8) is 0 Å². The molecule has 24 heavy (non-hydrogen) atoms. The van der Waals surface area contributed by atoms with E-state index in [9.17, 15) is 4.79 Å². The fourth-order valence-electron chi connectivity index (χ4n) is 4.24. The van der Waals surface area contributed by atoms with Gasteiger partial charge in [0.25, 0.3) is 5.91 Å². The van der Waals surface area contributed by atoms with Crippen LogP contribution >= 0.6 is 0 Å². The second kappa shape index (κ2) is 7.64. The predicted molar refractivity (Wildman–Crippen MR) is 93.8 cm³/mol. The van der Waals surface area contributed by atoms with E-state index >= 15 is 0 Å². The van der Waals surface area contributed by atoms with Crippen LogP contribution in [0, 0.1) is 17.8 Å². The molecule has 1 aliphatic carbocycles. The van der Waals surface area contributed by atoms with Gasteiger partial charge in [-0.3, -0.25) is 4.79 Å². The van der Waals surface area contributed by atoms with Crippen LogP contribution < -0.4 is 10.6 Å². The van der Waals surface area contributed by atoms with Crippen molar-refractivity contribution in [1.82, 2.24) is 25.6 Å². The van der Waals surface area contributed by atoms with E-state index in [1.54, 1.807) is 0 Å². The Kier molecular flexibility index (Phi) is 5.54. The molecule has 1 aromatic rings. The predicted octanol–water partition coefficient (Wildman–Crippen LogP) is 2.39. The highest BCUT2D eigenvalue weighted by molar-refractivity contribution is 5.92. The lowest BCUT2D eigenvalue weighted by Crippen LogP contribution is -2.45. The molecular weight excluding hydrogens is 302 g/mol. The zero-order valence-corrected chi connectivity index (χ0v) is 15.2. The first-order valence-electron chi connectivity index (χ1n) is 9.48. The van der Waals surface area contributed by atoms with Crippen molar-refractivity contribution in [1.29, 1.82) is 0 Å². The first-order chi connectivity index (χ1) is 11.5. The number of carbonyl (C=O) groups excluding carboxylic acids is 1. The van der Waals surface area contributed by atoms with Crippen LogP contribution in [0.1, 0.15) is 69.4 Å². The molecule has 6 heteroatoms. The molecule has 134 valence electrons. The van der Waals surface area contributed by atoms with Crippen LogP contribution in [0.25, 0.3) is 0 Å². The third-order valence-electron chi connectivity index (χ3n) is 5.76. The maximum atomic E-state index is 12.6. The third-order valence-corrected chi connectivity index (χ3v) is 5.76. The van der Waals surface area contributed by atoms with Crippen LogP contribution in [0.5, 0.6) is 0 Å². The zero-order valence-electron chi connectivity index (χ0n) is 15.2. The summed E-state index contributed by atoms with van der Waals surface area (Å²) in [6, 6.07) is 0.615. The Morgan fingerprint density at radius 3 is 2.75 bits per heavy atom. The Balaban J connectivity index is 1.64. The Morgan fingerprint density at radius 2 is 2.04 bits per heavy atom. The minimum Gasteiger partial charge on any atom is -0.348 e. The summed E-state index contributed by atoms with van der Waals surface area (Å²) < 4.78 is 1.87. The minimum absolute atomic E-state index is 0.0695. The quantitative estimate of drug-likeness (QED) is 0.887. The van der Waals surface area contributed by atoms with Crippen LogP contribution in [0.2, 0.25) is 0 Å². The monoisotopic (exact) mass is 333 g/mol. The summed E-state index contributed by atoms with van der Waals surface area (Å²) in [7, 11) is 0. The number of nitrogens with one attached hydrogen (secondary N) is 2. The molecule has 1 aliphatic heterocycles. The molecule has 2 aliphatic rings. The summed E-state index contributed by atoms with van der Waals surface area (Å²) in [5.41, 5.74) is 0.453. The number of hydrogen-bond acceptors (Lipinski definition) is 4. The number of nitrogens with zero attached hydrogens (tertiary/aromatic N) is 3. The number of rotatable bonds is 4. The Bertz CT molecular complexity index is 549. The van der Waals surface area contributed by atoms with E-state index in [-0.39, 0.29) is 11.9 Å². The number of carbonyl (C=O) groups is 1. The molecule has 3 atom stereocenters. The maximum Gasteiger partial charge on any atom is 0.273 e. The van der Waals surface area contributed by atoms with E-state index in [1.807, 2.05) is 10.9 Å². The van der Waals surface area contributed by atoms with Gasteiger partial charge >= 0.3 is 0 Å². The lowest BCUT2D eigenvalue weighted by Gasteiger charge is -2.37. The van der Waals surface area contributed by atoms with E-state index in [2.05, 4.69) is 41.7 Å². The molecule has 2 N–H and O–H groups in total. The molecule has 0 unspecified atom stereocenters. The summed E-state index contributed by atoms with van der Waals surface area (Å²) in [4.78, 5) is 12.6. The maximum absolute atomic E-state index is 12.6. The van der Waals surface area contributed by atoms with Crippen molar-refractivity contribution < 1.29 is 4.79 Å². The molecule has 0 radical (unpaired) electrons. The van der Waals surface area contributed by atoms with Gasteiger partial charge in [0, 0.05) is 6.04 Å². The summed E-state index contributed by atoms with van der Waals surface area (Å²) in [5.74, 6) is 1.76. The van der Waals surface area contributed by atoms with E-state index < -0.39 is 0 Å². The standard InChI is InChI=1S/C18H31N5O/c1-12(2)15-5-4-13(3)10-16(15)20-18(24)17-11-23(22-21-17)14-6-8-19-9-7-14/h11-16,19H,4-10H2,1-3H3,(H,20,24)/t13-,15+,16-/m1/s1. The Morgan fingerprint density at radius 1 is 1.29 bits per heavy atom. The summed E-state index contributed by atoms with van der Waals surface area (Å²) >= 11 is 0. The smallest absolute Gasteiger partial charge is 0.273 e. The molecule has 6 nitrogen and oxygen atoms in total. The average Bonchev–Trinajstić information content (AvgIpc) is 3.05. The molecular formula is C18H31N5O. The molecule has 1 saturated carbocycles. The van der Waals surface area contributed by atoms with Gasteiger partial charge in [-0.05, 0) is 56.5 Å². The molecule has 3 rings (SSSR count). The van der Waals surface area contributed by atoms with Crippen molar-refractivity contribution in [2.45, 2.75) is 65.0 Å². The van der Waals surface area contributed by atoms with Gasteiger partial charge in [-0.2, -0.15) is 0 Å². The first kappa shape index (κ1) is 17.4. The highest BCUT2D eigenvalue weighted by atomic mass is 16.2. The number of aromatic nitrogens is 3. The normalized spacial score (nSPS) is 28.9. The van der Waals surface area contributed by atoms with E-state index in [0.717, 1.165) is 32.4 Å². The van der Waals surface area contributed by atoms with Gasteiger partial charge in [0.2, 0.25) is 0 Å². The van der Waals surface area contributed by atoms with E-state index in [4.69, 9.17) is 0 Å². The highest BCUT2D eigenvalue weighted by Crippen LogP contribution is 2.33. The van der Waals surface area contributed by atoms with Gasteiger partial charge in [-0.25, -0.2) is 4.68 Å². The third kappa shape index (κ3) is 3.97. The number of hydrogen-bond donors (Lipinski definition) is 2. The largest absolute Gasteiger partial charge is 0.348 e. The van der Waals surface area contributed by atoms with Crippen molar-refractivity contribution in [2.24, 2.45) is 17.8 Å². The molecule has 0 bridgehead atoms.